The van der Waals surface area contributed by atoms with E-state index in [1.165, 1.54) is 11.8 Å². The van der Waals surface area contributed by atoms with E-state index >= 15 is 0 Å². The summed E-state index contributed by atoms with van der Waals surface area (Å²) < 4.78 is 0. The largest absolute Gasteiger partial charge is 0.475 e. The molecule has 1 aromatic heterocycles. The Morgan fingerprint density at radius 2 is 1.75 bits per heavy atom. The Balaban J connectivity index is 2.29. The number of carbonyl (C=O) groups is 2. The molecule has 1 heterocycles. The van der Waals surface area contributed by atoms with E-state index in [0.29, 0.717) is 5.82 Å². The molecular formula is C15H16N2O3. The molecule has 0 saturated heterocycles. The standard InChI is InChI=1S/C15H16N2O3/c1-15(2,3)10-6-4-9(5-7-10)13-16-8-11(17-13)12(18)14(19)20/h4-8H,1-3H3,(H,16,17)(H,19,20). The molecule has 104 valence electrons. The molecule has 0 fully saturated rings. The highest BCUT2D eigenvalue weighted by atomic mass is 16.4. The van der Waals surface area contributed by atoms with E-state index in [-0.39, 0.29) is 11.1 Å². The molecule has 0 aliphatic rings. The van der Waals surface area contributed by atoms with Crippen molar-refractivity contribution in [2.45, 2.75) is 26.2 Å². The Hall–Kier alpha value is -2.43. The maximum atomic E-state index is 11.3. The number of carbonyl (C=O) groups excluding carboxylic acids is 1. The van der Waals surface area contributed by atoms with Crippen molar-refractivity contribution >= 4 is 11.8 Å². The number of imidazole rings is 1. The third-order valence-electron chi connectivity index (χ3n) is 3.04. The Bertz CT molecular complexity index is 649. The number of H-pyrrole nitrogens is 1. The van der Waals surface area contributed by atoms with E-state index in [2.05, 4.69) is 30.7 Å². The van der Waals surface area contributed by atoms with Crippen molar-refractivity contribution in [2.75, 3.05) is 0 Å². The monoisotopic (exact) mass is 272 g/mol. The lowest BCUT2D eigenvalue weighted by Gasteiger charge is -2.18. The van der Waals surface area contributed by atoms with E-state index in [4.69, 9.17) is 5.11 Å². The van der Waals surface area contributed by atoms with Crippen LogP contribution in [0.5, 0.6) is 0 Å². The number of aromatic amines is 1. The number of aromatic nitrogens is 2. The highest BCUT2D eigenvalue weighted by Gasteiger charge is 2.18. The maximum absolute atomic E-state index is 11.3. The average molecular weight is 272 g/mol. The van der Waals surface area contributed by atoms with Crippen molar-refractivity contribution in [2.24, 2.45) is 0 Å². The van der Waals surface area contributed by atoms with Crippen LogP contribution >= 0.6 is 0 Å². The van der Waals surface area contributed by atoms with E-state index in [0.717, 1.165) is 5.56 Å². The molecule has 2 rings (SSSR count). The van der Waals surface area contributed by atoms with Gasteiger partial charge >= 0.3 is 5.97 Å². The minimum Gasteiger partial charge on any atom is -0.475 e. The number of carboxylic acid groups (broad SMARTS) is 1. The summed E-state index contributed by atoms with van der Waals surface area (Å²) in [4.78, 5) is 28.7. The quantitative estimate of drug-likeness (QED) is 0.664. The summed E-state index contributed by atoms with van der Waals surface area (Å²) in [6.45, 7) is 6.37. The van der Waals surface area contributed by atoms with Crippen molar-refractivity contribution in [3.05, 3.63) is 41.7 Å². The van der Waals surface area contributed by atoms with E-state index < -0.39 is 11.8 Å². The van der Waals surface area contributed by atoms with Gasteiger partial charge in [0.2, 0.25) is 0 Å². The fourth-order valence-electron chi connectivity index (χ4n) is 1.83. The number of hydrogen-bond donors (Lipinski definition) is 2. The van der Waals surface area contributed by atoms with Gasteiger partial charge in [0.05, 0.1) is 6.20 Å². The molecule has 5 heteroatoms. The zero-order valence-electron chi connectivity index (χ0n) is 11.6. The topological polar surface area (TPSA) is 83.1 Å². The van der Waals surface area contributed by atoms with Crippen LogP contribution in [0.1, 0.15) is 36.8 Å². The minimum absolute atomic E-state index is 0.0209. The first-order chi connectivity index (χ1) is 9.29. The molecule has 20 heavy (non-hydrogen) atoms. The molecule has 1 aromatic carbocycles. The maximum Gasteiger partial charge on any atom is 0.378 e. The number of hydrogen-bond acceptors (Lipinski definition) is 3. The fourth-order valence-corrected chi connectivity index (χ4v) is 1.83. The molecule has 0 radical (unpaired) electrons. The number of rotatable bonds is 3. The van der Waals surface area contributed by atoms with Crippen LogP contribution in [-0.4, -0.2) is 26.8 Å². The number of carboxylic acids is 1. The fraction of sp³-hybridized carbons (Fsp3) is 0.267. The summed E-state index contributed by atoms with van der Waals surface area (Å²) in [5.41, 5.74) is 2.04. The van der Waals surface area contributed by atoms with Crippen molar-refractivity contribution < 1.29 is 14.7 Å². The Morgan fingerprint density at radius 3 is 2.25 bits per heavy atom. The van der Waals surface area contributed by atoms with Gasteiger partial charge in [-0.3, -0.25) is 4.79 Å². The van der Waals surface area contributed by atoms with Crippen molar-refractivity contribution in [3.8, 4) is 11.4 Å². The molecule has 2 N–H and O–H groups in total. The van der Waals surface area contributed by atoms with Crippen LogP contribution in [0.3, 0.4) is 0 Å². The minimum atomic E-state index is -1.50. The Labute approximate surface area is 116 Å². The Morgan fingerprint density at radius 1 is 1.15 bits per heavy atom. The summed E-state index contributed by atoms with van der Waals surface area (Å²) in [7, 11) is 0. The van der Waals surface area contributed by atoms with Crippen molar-refractivity contribution in [1.29, 1.82) is 0 Å². The molecule has 0 spiro atoms. The Kier molecular flexibility index (Phi) is 3.44. The van der Waals surface area contributed by atoms with Gasteiger partial charge in [0.15, 0.2) is 0 Å². The number of ketones is 1. The third-order valence-corrected chi connectivity index (χ3v) is 3.04. The summed E-state index contributed by atoms with van der Waals surface area (Å²) >= 11 is 0. The van der Waals surface area contributed by atoms with Crippen LogP contribution in [0.4, 0.5) is 0 Å². The first-order valence-electron chi connectivity index (χ1n) is 6.22. The van der Waals surface area contributed by atoms with Crippen LogP contribution < -0.4 is 0 Å². The van der Waals surface area contributed by atoms with Gasteiger partial charge in [-0.15, -0.1) is 0 Å². The molecule has 0 bridgehead atoms. The van der Waals surface area contributed by atoms with Crippen LogP contribution in [0.25, 0.3) is 11.4 Å². The molecule has 5 nitrogen and oxygen atoms in total. The predicted octanol–water partition coefficient (Wildman–Crippen LogP) is 2.64. The van der Waals surface area contributed by atoms with E-state index in [9.17, 15) is 9.59 Å². The molecular weight excluding hydrogens is 256 g/mol. The van der Waals surface area contributed by atoms with Gasteiger partial charge < -0.3 is 10.1 Å². The zero-order valence-corrected chi connectivity index (χ0v) is 11.6. The van der Waals surface area contributed by atoms with Crippen LogP contribution in [-0.2, 0) is 10.2 Å². The predicted molar refractivity (Wildman–Crippen MR) is 74.7 cm³/mol. The molecule has 0 aliphatic carbocycles. The van der Waals surface area contributed by atoms with E-state index in [1.54, 1.807) is 0 Å². The lowest BCUT2D eigenvalue weighted by molar-refractivity contribution is -0.131. The smallest absolute Gasteiger partial charge is 0.378 e. The van der Waals surface area contributed by atoms with Gasteiger partial charge in [0, 0.05) is 5.56 Å². The molecule has 0 aliphatic heterocycles. The van der Waals surface area contributed by atoms with Crippen LogP contribution in [0.2, 0.25) is 0 Å². The summed E-state index contributed by atoms with van der Waals surface area (Å²) in [6, 6.07) is 7.79. The molecule has 0 atom stereocenters. The number of nitrogens with one attached hydrogen (secondary N) is 1. The van der Waals surface area contributed by atoms with Crippen molar-refractivity contribution in [1.82, 2.24) is 9.97 Å². The highest BCUT2D eigenvalue weighted by Crippen LogP contribution is 2.24. The van der Waals surface area contributed by atoms with Crippen LogP contribution in [0.15, 0.2) is 30.5 Å². The number of nitrogens with zero attached hydrogens (tertiary/aromatic N) is 1. The van der Waals surface area contributed by atoms with Gasteiger partial charge in [-0.25, -0.2) is 9.78 Å². The second-order valence-electron chi connectivity index (χ2n) is 5.61. The average Bonchev–Trinajstić information content (AvgIpc) is 2.86. The highest BCUT2D eigenvalue weighted by molar-refractivity contribution is 6.39. The number of aliphatic carboxylic acids is 1. The van der Waals surface area contributed by atoms with Gasteiger partial charge in [-0.05, 0) is 11.0 Å². The summed E-state index contributed by atoms with van der Waals surface area (Å²) in [6.07, 6.45) is 1.24. The second-order valence-corrected chi connectivity index (χ2v) is 5.61. The first-order valence-corrected chi connectivity index (χ1v) is 6.22. The molecule has 2 aromatic rings. The van der Waals surface area contributed by atoms with Gasteiger partial charge in [0.25, 0.3) is 5.78 Å². The lowest BCUT2D eigenvalue weighted by Crippen LogP contribution is -2.12. The zero-order chi connectivity index (χ0) is 14.9. The normalized spacial score (nSPS) is 11.3. The first kappa shape index (κ1) is 14.0. The lowest BCUT2D eigenvalue weighted by atomic mass is 9.87. The number of Topliss-reactive ketones (excluding diaryl/α,β-unsaturated/α-hetero) is 1. The summed E-state index contributed by atoms with van der Waals surface area (Å²) in [5, 5.41) is 8.64. The molecule has 0 unspecified atom stereocenters. The number of benzene rings is 1. The van der Waals surface area contributed by atoms with Crippen molar-refractivity contribution in [3.63, 3.8) is 0 Å². The molecule has 0 amide bonds. The summed E-state index contributed by atoms with van der Waals surface area (Å²) in [5.74, 6) is -2.01. The van der Waals surface area contributed by atoms with Crippen LogP contribution in [0, 0.1) is 0 Å². The SMILES string of the molecule is CC(C)(C)c1ccc(-c2ncc(C(=O)C(=O)O)[nH]2)cc1. The van der Waals surface area contributed by atoms with Gasteiger partial charge in [-0.1, -0.05) is 45.0 Å². The second kappa shape index (κ2) is 4.92. The van der Waals surface area contributed by atoms with Gasteiger partial charge in [-0.2, -0.15) is 0 Å². The van der Waals surface area contributed by atoms with E-state index in [1.807, 2.05) is 24.3 Å². The van der Waals surface area contributed by atoms with Gasteiger partial charge in [0.1, 0.15) is 11.5 Å². The third kappa shape index (κ3) is 2.77. The molecule has 0 saturated carbocycles.